The minimum absolute atomic E-state index is 0.387. The third-order valence-corrected chi connectivity index (χ3v) is 3.44. The summed E-state index contributed by atoms with van der Waals surface area (Å²) in [5.74, 6) is 1.90. The van der Waals surface area contributed by atoms with Gasteiger partial charge in [0.25, 0.3) is 0 Å². The summed E-state index contributed by atoms with van der Waals surface area (Å²) >= 11 is 0. The number of likely N-dealkylation sites (tertiary alicyclic amines) is 1. The highest BCUT2D eigenvalue weighted by Gasteiger charge is 2.31. The van der Waals surface area contributed by atoms with Gasteiger partial charge in [-0.15, -0.1) is 0 Å². The molecular formula is C13H23N3O. The molecule has 1 N–H and O–H groups in total. The van der Waals surface area contributed by atoms with E-state index in [0.29, 0.717) is 12.1 Å². The average Bonchev–Trinajstić information content (AvgIpc) is 2.94. The predicted octanol–water partition coefficient (Wildman–Crippen LogP) is 1.98. The Morgan fingerprint density at radius 2 is 2.41 bits per heavy atom. The molecule has 2 heterocycles. The molecule has 1 unspecified atom stereocenters. The van der Waals surface area contributed by atoms with Crippen LogP contribution in [-0.2, 0) is 6.42 Å². The van der Waals surface area contributed by atoms with Gasteiger partial charge in [-0.25, -0.2) is 4.98 Å². The molecule has 1 atom stereocenters. The predicted molar refractivity (Wildman–Crippen MR) is 68.0 cm³/mol. The molecule has 1 saturated heterocycles. The SMILES string of the molecule is CNCCc1cnc(C2CCCN2C(C)C)o1. The van der Waals surface area contributed by atoms with Gasteiger partial charge in [0, 0.05) is 19.0 Å². The summed E-state index contributed by atoms with van der Waals surface area (Å²) in [6.07, 6.45) is 5.21. The molecule has 4 nitrogen and oxygen atoms in total. The molecular weight excluding hydrogens is 214 g/mol. The van der Waals surface area contributed by atoms with Gasteiger partial charge in [-0.2, -0.15) is 0 Å². The Bertz CT molecular complexity index is 348. The molecule has 0 spiro atoms. The van der Waals surface area contributed by atoms with E-state index in [1.165, 1.54) is 12.8 Å². The lowest BCUT2D eigenvalue weighted by atomic mass is 10.2. The zero-order valence-corrected chi connectivity index (χ0v) is 11.1. The first kappa shape index (κ1) is 12.6. The minimum atomic E-state index is 0.387. The van der Waals surface area contributed by atoms with E-state index in [2.05, 4.69) is 29.0 Å². The van der Waals surface area contributed by atoms with Crippen LogP contribution in [0.15, 0.2) is 10.6 Å². The van der Waals surface area contributed by atoms with Crippen LogP contribution in [0.3, 0.4) is 0 Å². The van der Waals surface area contributed by atoms with E-state index in [4.69, 9.17) is 4.42 Å². The highest BCUT2D eigenvalue weighted by molar-refractivity contribution is 5.01. The molecule has 1 aliphatic rings. The van der Waals surface area contributed by atoms with Crippen LogP contribution in [0.2, 0.25) is 0 Å². The van der Waals surface area contributed by atoms with Gasteiger partial charge in [-0.3, -0.25) is 4.90 Å². The summed E-state index contributed by atoms with van der Waals surface area (Å²) in [7, 11) is 1.95. The Hall–Kier alpha value is -0.870. The summed E-state index contributed by atoms with van der Waals surface area (Å²) in [4.78, 5) is 6.93. The normalized spacial score (nSPS) is 21.5. The molecule has 17 heavy (non-hydrogen) atoms. The molecule has 0 bridgehead atoms. The highest BCUT2D eigenvalue weighted by atomic mass is 16.4. The zero-order chi connectivity index (χ0) is 12.3. The molecule has 1 fully saturated rings. The number of likely N-dealkylation sites (N-methyl/N-ethyl adjacent to an activating group) is 1. The van der Waals surface area contributed by atoms with Gasteiger partial charge in [0.15, 0.2) is 0 Å². The van der Waals surface area contributed by atoms with Crippen molar-refractivity contribution in [1.29, 1.82) is 0 Å². The van der Waals surface area contributed by atoms with Crippen LogP contribution in [0.4, 0.5) is 0 Å². The van der Waals surface area contributed by atoms with Gasteiger partial charge >= 0.3 is 0 Å². The van der Waals surface area contributed by atoms with Crippen LogP contribution in [0.5, 0.6) is 0 Å². The first-order valence-corrected chi connectivity index (χ1v) is 6.57. The van der Waals surface area contributed by atoms with Crippen molar-refractivity contribution < 1.29 is 4.42 Å². The van der Waals surface area contributed by atoms with Crippen LogP contribution < -0.4 is 5.32 Å². The van der Waals surface area contributed by atoms with Crippen molar-refractivity contribution >= 4 is 0 Å². The Labute approximate surface area is 103 Å². The van der Waals surface area contributed by atoms with Gasteiger partial charge in [0.1, 0.15) is 5.76 Å². The quantitative estimate of drug-likeness (QED) is 0.850. The second-order valence-corrected chi connectivity index (χ2v) is 5.01. The fourth-order valence-corrected chi connectivity index (χ4v) is 2.51. The van der Waals surface area contributed by atoms with Crippen molar-refractivity contribution in [3.63, 3.8) is 0 Å². The van der Waals surface area contributed by atoms with Gasteiger partial charge in [-0.1, -0.05) is 0 Å². The van der Waals surface area contributed by atoms with Gasteiger partial charge in [0.2, 0.25) is 5.89 Å². The summed E-state index contributed by atoms with van der Waals surface area (Å²) < 4.78 is 5.86. The standard InChI is InChI=1S/C13H23N3O/c1-10(2)16-8-4-5-12(16)13-15-9-11(17-13)6-7-14-3/h9-10,12,14H,4-8H2,1-3H3. The van der Waals surface area contributed by atoms with Crippen LogP contribution in [0.1, 0.15) is 44.4 Å². The van der Waals surface area contributed by atoms with Crippen molar-refractivity contribution in [3.05, 3.63) is 17.8 Å². The maximum absolute atomic E-state index is 5.86. The lowest BCUT2D eigenvalue weighted by Gasteiger charge is -2.25. The second-order valence-electron chi connectivity index (χ2n) is 5.01. The third kappa shape index (κ3) is 2.87. The first-order valence-electron chi connectivity index (χ1n) is 6.57. The van der Waals surface area contributed by atoms with Crippen LogP contribution >= 0.6 is 0 Å². The highest BCUT2D eigenvalue weighted by Crippen LogP contribution is 2.32. The number of nitrogens with zero attached hydrogens (tertiary/aromatic N) is 2. The van der Waals surface area contributed by atoms with Crippen molar-refractivity contribution in [1.82, 2.24) is 15.2 Å². The summed E-state index contributed by atoms with van der Waals surface area (Å²) in [6.45, 7) is 6.58. The largest absolute Gasteiger partial charge is 0.444 e. The van der Waals surface area contributed by atoms with Gasteiger partial charge in [0.05, 0.1) is 12.2 Å². The molecule has 4 heteroatoms. The summed E-state index contributed by atoms with van der Waals surface area (Å²) in [5.41, 5.74) is 0. The molecule has 1 aromatic heterocycles. The zero-order valence-electron chi connectivity index (χ0n) is 11.1. The number of aromatic nitrogens is 1. The third-order valence-electron chi connectivity index (χ3n) is 3.44. The Morgan fingerprint density at radius 1 is 1.59 bits per heavy atom. The minimum Gasteiger partial charge on any atom is -0.444 e. The maximum Gasteiger partial charge on any atom is 0.211 e. The Kier molecular flexibility index (Phi) is 4.18. The molecule has 0 radical (unpaired) electrons. The van der Waals surface area contributed by atoms with Crippen LogP contribution in [-0.4, -0.2) is 36.1 Å². The molecule has 0 saturated carbocycles. The molecule has 1 aromatic rings. The molecule has 0 aliphatic carbocycles. The molecule has 1 aliphatic heterocycles. The van der Waals surface area contributed by atoms with E-state index < -0.39 is 0 Å². The number of rotatable bonds is 5. The first-order chi connectivity index (χ1) is 8.22. The fraction of sp³-hybridized carbons (Fsp3) is 0.769. The Balaban J connectivity index is 2.03. The Morgan fingerprint density at radius 3 is 3.12 bits per heavy atom. The molecule has 2 rings (SSSR count). The summed E-state index contributed by atoms with van der Waals surface area (Å²) in [6, 6.07) is 0.952. The lowest BCUT2D eigenvalue weighted by Crippen LogP contribution is -2.30. The number of hydrogen-bond donors (Lipinski definition) is 1. The van der Waals surface area contributed by atoms with E-state index in [1.807, 2.05) is 13.2 Å². The van der Waals surface area contributed by atoms with Gasteiger partial charge in [-0.05, 0) is 40.3 Å². The van der Waals surface area contributed by atoms with E-state index in [1.54, 1.807) is 0 Å². The van der Waals surface area contributed by atoms with E-state index in [0.717, 1.165) is 31.2 Å². The topological polar surface area (TPSA) is 41.3 Å². The van der Waals surface area contributed by atoms with Crippen molar-refractivity contribution in [2.75, 3.05) is 20.1 Å². The van der Waals surface area contributed by atoms with Crippen molar-refractivity contribution in [2.45, 2.75) is 45.2 Å². The van der Waals surface area contributed by atoms with Gasteiger partial charge < -0.3 is 9.73 Å². The smallest absolute Gasteiger partial charge is 0.211 e. The number of oxazole rings is 1. The lowest BCUT2D eigenvalue weighted by molar-refractivity contribution is 0.177. The van der Waals surface area contributed by atoms with Crippen molar-refractivity contribution in [3.8, 4) is 0 Å². The second kappa shape index (κ2) is 5.65. The average molecular weight is 237 g/mol. The van der Waals surface area contributed by atoms with Crippen LogP contribution in [0.25, 0.3) is 0 Å². The summed E-state index contributed by atoms with van der Waals surface area (Å²) in [5, 5.41) is 3.12. The number of nitrogens with one attached hydrogen (secondary N) is 1. The maximum atomic E-state index is 5.86. The van der Waals surface area contributed by atoms with Crippen LogP contribution in [0, 0.1) is 0 Å². The van der Waals surface area contributed by atoms with E-state index >= 15 is 0 Å². The fourth-order valence-electron chi connectivity index (χ4n) is 2.51. The number of hydrogen-bond acceptors (Lipinski definition) is 4. The molecule has 0 aromatic carbocycles. The van der Waals surface area contributed by atoms with E-state index in [9.17, 15) is 0 Å². The molecule has 0 amide bonds. The molecule has 96 valence electrons. The van der Waals surface area contributed by atoms with Crippen molar-refractivity contribution in [2.24, 2.45) is 0 Å². The van der Waals surface area contributed by atoms with E-state index in [-0.39, 0.29) is 0 Å². The monoisotopic (exact) mass is 237 g/mol.